The van der Waals surface area contributed by atoms with Crippen LogP contribution in [0.15, 0.2) is 107 Å². The minimum atomic E-state index is -0.895. The van der Waals surface area contributed by atoms with Crippen molar-refractivity contribution in [1.29, 1.82) is 0 Å². The van der Waals surface area contributed by atoms with E-state index in [1.54, 1.807) is 36.4 Å². The van der Waals surface area contributed by atoms with E-state index in [-0.39, 0.29) is 22.4 Å². The lowest BCUT2D eigenvalue weighted by molar-refractivity contribution is 0.102. The number of para-hydroxylation sites is 1. The van der Waals surface area contributed by atoms with Gasteiger partial charge in [-0.2, -0.15) is 0 Å². The Bertz CT molecular complexity index is 1600. The summed E-state index contributed by atoms with van der Waals surface area (Å²) in [5.74, 6) is -1.83. The second-order valence-electron chi connectivity index (χ2n) is 7.80. The molecule has 172 valence electrons. The van der Waals surface area contributed by atoms with Crippen molar-refractivity contribution in [3.8, 4) is 16.8 Å². The van der Waals surface area contributed by atoms with Crippen molar-refractivity contribution in [2.45, 2.75) is 5.16 Å². The molecule has 1 heterocycles. The smallest absolute Gasteiger partial charge is 0.266 e. The maximum Gasteiger partial charge on any atom is 0.266 e. The van der Waals surface area contributed by atoms with E-state index in [2.05, 4.69) is 4.98 Å². The molecule has 0 aliphatic heterocycles. The average molecular weight is 485 g/mol. The molecule has 0 aliphatic rings. The molecule has 0 fully saturated rings. The summed E-state index contributed by atoms with van der Waals surface area (Å²) in [7, 11) is 0. The first-order valence-corrected chi connectivity index (χ1v) is 11.8. The first-order chi connectivity index (χ1) is 17.0. The van der Waals surface area contributed by atoms with Crippen LogP contribution >= 0.6 is 11.8 Å². The number of benzene rings is 4. The zero-order chi connectivity index (χ0) is 24.4. The number of carbonyl (C=O) groups excluding carboxylic acids is 1. The van der Waals surface area contributed by atoms with Gasteiger partial charge >= 0.3 is 0 Å². The van der Waals surface area contributed by atoms with E-state index < -0.39 is 17.2 Å². The lowest BCUT2D eigenvalue weighted by Crippen LogP contribution is -2.23. The Kier molecular flexibility index (Phi) is 6.25. The molecule has 0 aliphatic carbocycles. The van der Waals surface area contributed by atoms with Gasteiger partial charge in [-0.15, -0.1) is 0 Å². The van der Waals surface area contributed by atoms with Crippen molar-refractivity contribution < 1.29 is 13.6 Å². The molecule has 0 saturated heterocycles. The standard InChI is InChI=1S/C28H18F2N2O2S/c29-21-14-15-25(23(30)16-21)32-27(34)22-8-4-5-9-24(22)31-28(32)35-17-26(33)20-12-10-19(11-13-20)18-6-2-1-3-7-18/h1-16H,17H2. The maximum atomic E-state index is 14.6. The van der Waals surface area contributed by atoms with E-state index in [1.807, 2.05) is 42.5 Å². The van der Waals surface area contributed by atoms with E-state index in [0.717, 1.165) is 33.5 Å². The summed E-state index contributed by atoms with van der Waals surface area (Å²) in [6, 6.07) is 26.8. The number of hydrogen-bond acceptors (Lipinski definition) is 4. The number of thioether (sulfide) groups is 1. The molecule has 5 rings (SSSR count). The molecule has 0 atom stereocenters. The van der Waals surface area contributed by atoms with Crippen LogP contribution in [-0.2, 0) is 0 Å². The molecular formula is C28H18F2N2O2S. The summed E-state index contributed by atoms with van der Waals surface area (Å²) in [6.45, 7) is 0. The Morgan fingerprint density at radius 2 is 1.51 bits per heavy atom. The van der Waals surface area contributed by atoms with Gasteiger partial charge in [0.15, 0.2) is 10.9 Å². The molecule has 0 radical (unpaired) electrons. The zero-order valence-electron chi connectivity index (χ0n) is 18.3. The first-order valence-electron chi connectivity index (χ1n) is 10.8. The van der Waals surface area contributed by atoms with Crippen LogP contribution in [0.5, 0.6) is 0 Å². The third-order valence-corrected chi connectivity index (χ3v) is 6.48. The van der Waals surface area contributed by atoms with E-state index in [9.17, 15) is 18.4 Å². The van der Waals surface area contributed by atoms with Gasteiger partial charge in [0, 0.05) is 11.6 Å². The van der Waals surface area contributed by atoms with Crippen LogP contribution in [0.3, 0.4) is 0 Å². The number of aromatic nitrogens is 2. The summed E-state index contributed by atoms with van der Waals surface area (Å²) >= 11 is 1.03. The van der Waals surface area contributed by atoms with Crippen LogP contribution in [0.2, 0.25) is 0 Å². The van der Waals surface area contributed by atoms with Crippen molar-refractivity contribution in [2.24, 2.45) is 0 Å². The largest absolute Gasteiger partial charge is 0.293 e. The predicted octanol–water partition coefficient (Wildman–Crippen LogP) is 6.31. The molecule has 0 unspecified atom stereocenters. The number of rotatable bonds is 6. The van der Waals surface area contributed by atoms with Crippen LogP contribution in [0.1, 0.15) is 10.4 Å². The first kappa shape index (κ1) is 22.7. The van der Waals surface area contributed by atoms with Crippen LogP contribution in [0, 0.1) is 11.6 Å². The Hall–Kier alpha value is -4.10. The highest BCUT2D eigenvalue weighted by Gasteiger charge is 2.18. The Morgan fingerprint density at radius 1 is 0.829 bits per heavy atom. The lowest BCUT2D eigenvalue weighted by Gasteiger charge is -2.14. The summed E-state index contributed by atoms with van der Waals surface area (Å²) < 4.78 is 29.2. The van der Waals surface area contributed by atoms with Gasteiger partial charge < -0.3 is 0 Å². The van der Waals surface area contributed by atoms with Crippen molar-refractivity contribution in [3.63, 3.8) is 0 Å². The van der Waals surface area contributed by atoms with Gasteiger partial charge in [0.05, 0.1) is 22.3 Å². The topological polar surface area (TPSA) is 52.0 Å². The molecule has 35 heavy (non-hydrogen) atoms. The maximum absolute atomic E-state index is 14.6. The highest BCUT2D eigenvalue weighted by Crippen LogP contribution is 2.25. The number of fused-ring (bicyclic) bond motifs is 1. The highest BCUT2D eigenvalue weighted by molar-refractivity contribution is 7.99. The minimum absolute atomic E-state index is 0.0156. The molecule has 0 bridgehead atoms. The fourth-order valence-corrected chi connectivity index (χ4v) is 4.68. The van der Waals surface area contributed by atoms with Crippen LogP contribution < -0.4 is 5.56 Å². The summed E-state index contributed by atoms with van der Waals surface area (Å²) in [6.07, 6.45) is 0. The highest BCUT2D eigenvalue weighted by atomic mass is 32.2. The molecule has 0 N–H and O–H groups in total. The van der Waals surface area contributed by atoms with Gasteiger partial charge in [0.2, 0.25) is 0 Å². The molecule has 7 heteroatoms. The predicted molar refractivity (Wildman–Crippen MR) is 134 cm³/mol. The van der Waals surface area contributed by atoms with Crippen LogP contribution in [0.25, 0.3) is 27.7 Å². The SMILES string of the molecule is O=C(CSc1nc2ccccc2c(=O)n1-c1ccc(F)cc1F)c1ccc(-c2ccccc2)cc1. The second-order valence-corrected chi connectivity index (χ2v) is 8.75. The zero-order valence-corrected chi connectivity index (χ0v) is 19.1. The number of ketones is 1. The van der Waals surface area contributed by atoms with E-state index in [4.69, 9.17) is 0 Å². The number of nitrogens with zero attached hydrogens (tertiary/aromatic N) is 2. The van der Waals surface area contributed by atoms with Crippen molar-refractivity contribution >= 4 is 28.4 Å². The molecule has 5 aromatic rings. The van der Waals surface area contributed by atoms with E-state index in [0.29, 0.717) is 22.5 Å². The molecule has 0 spiro atoms. The lowest BCUT2D eigenvalue weighted by atomic mass is 10.0. The third-order valence-electron chi connectivity index (χ3n) is 5.54. The second kappa shape index (κ2) is 9.64. The number of carbonyl (C=O) groups is 1. The Labute approximate surface area is 203 Å². The van der Waals surface area contributed by atoms with Gasteiger partial charge in [-0.1, -0.05) is 78.5 Å². The van der Waals surface area contributed by atoms with E-state index >= 15 is 0 Å². The number of Topliss-reactive ketones (excluding diaryl/α,β-unsaturated/α-hetero) is 1. The van der Waals surface area contributed by atoms with Crippen molar-refractivity contribution in [1.82, 2.24) is 9.55 Å². The van der Waals surface area contributed by atoms with Crippen molar-refractivity contribution in [2.75, 3.05) is 5.75 Å². The average Bonchev–Trinajstić information content (AvgIpc) is 2.89. The molecule has 4 aromatic carbocycles. The van der Waals surface area contributed by atoms with Gasteiger partial charge in [-0.25, -0.2) is 13.8 Å². The summed E-state index contributed by atoms with van der Waals surface area (Å²) in [4.78, 5) is 30.7. The number of halogens is 2. The molecule has 4 nitrogen and oxygen atoms in total. The van der Waals surface area contributed by atoms with Crippen LogP contribution in [-0.4, -0.2) is 21.1 Å². The number of hydrogen-bond donors (Lipinski definition) is 0. The normalized spacial score (nSPS) is 11.0. The third kappa shape index (κ3) is 4.63. The summed E-state index contributed by atoms with van der Waals surface area (Å²) in [5.41, 5.74) is 2.36. The molecule has 0 saturated carbocycles. The Balaban J connectivity index is 1.47. The Morgan fingerprint density at radius 3 is 2.26 bits per heavy atom. The van der Waals surface area contributed by atoms with Gasteiger partial charge in [-0.05, 0) is 35.4 Å². The molecule has 0 amide bonds. The monoisotopic (exact) mass is 484 g/mol. The quantitative estimate of drug-likeness (QED) is 0.161. The van der Waals surface area contributed by atoms with E-state index in [1.165, 1.54) is 6.07 Å². The summed E-state index contributed by atoms with van der Waals surface area (Å²) in [5, 5.41) is 0.442. The van der Waals surface area contributed by atoms with Gasteiger partial charge in [0.1, 0.15) is 11.6 Å². The van der Waals surface area contributed by atoms with Crippen LogP contribution in [0.4, 0.5) is 8.78 Å². The van der Waals surface area contributed by atoms with Gasteiger partial charge in [-0.3, -0.25) is 14.2 Å². The molecule has 1 aromatic heterocycles. The fourth-order valence-electron chi connectivity index (χ4n) is 3.78. The van der Waals surface area contributed by atoms with Gasteiger partial charge in [0.25, 0.3) is 5.56 Å². The minimum Gasteiger partial charge on any atom is -0.293 e. The fraction of sp³-hybridized carbons (Fsp3) is 0.0357. The molecular weight excluding hydrogens is 466 g/mol. The van der Waals surface area contributed by atoms with Crippen molar-refractivity contribution in [3.05, 3.63) is 125 Å².